The van der Waals surface area contributed by atoms with Crippen LogP contribution in [0.4, 0.5) is 0 Å². The largest absolute Gasteiger partial charge is 0.480 e. The third-order valence-corrected chi connectivity index (χ3v) is 7.46. The van der Waals surface area contributed by atoms with Crippen molar-refractivity contribution in [1.82, 2.24) is 5.32 Å². The monoisotopic (exact) mass is 543 g/mol. The van der Waals surface area contributed by atoms with Crippen LogP contribution in [0.1, 0.15) is 83.6 Å². The zero-order valence-electron chi connectivity index (χ0n) is 23.3. The minimum atomic E-state index is -1.10. The van der Waals surface area contributed by atoms with Gasteiger partial charge in [-0.05, 0) is 30.7 Å². The molecule has 1 aliphatic rings. The predicted molar refractivity (Wildman–Crippen MR) is 149 cm³/mol. The number of hydrogen-bond donors (Lipinski definition) is 4. The molecule has 1 saturated carbocycles. The van der Waals surface area contributed by atoms with Crippen molar-refractivity contribution in [3.63, 3.8) is 0 Å². The smallest absolute Gasteiger partial charge is 0.326 e. The lowest BCUT2D eigenvalue weighted by molar-refractivity contribution is -0.141. The highest BCUT2D eigenvalue weighted by Gasteiger charge is 2.40. The van der Waals surface area contributed by atoms with Gasteiger partial charge in [0.2, 0.25) is 5.91 Å². The van der Waals surface area contributed by atoms with Gasteiger partial charge >= 0.3 is 5.97 Å². The van der Waals surface area contributed by atoms with E-state index in [0.717, 1.165) is 24.8 Å². The molecule has 1 aromatic carbocycles. The lowest BCUT2D eigenvalue weighted by atomic mass is 9.87. The Balaban J connectivity index is 1.76. The Bertz CT molecular complexity index is 961. The van der Waals surface area contributed by atoms with Gasteiger partial charge in [0.05, 0.1) is 12.2 Å². The molecule has 8 heteroatoms. The van der Waals surface area contributed by atoms with Crippen LogP contribution in [0.5, 0.6) is 0 Å². The maximum atomic E-state index is 12.6. The van der Waals surface area contributed by atoms with Crippen molar-refractivity contribution in [3.05, 3.63) is 48.0 Å². The minimum absolute atomic E-state index is 0.00382. The number of Topliss-reactive ketones (excluding diaryl/α,β-unsaturated/α-hetero) is 2. The van der Waals surface area contributed by atoms with Gasteiger partial charge in [-0.1, -0.05) is 75.6 Å². The number of aliphatic hydroxyl groups excluding tert-OH is 2. The summed E-state index contributed by atoms with van der Waals surface area (Å²) in [6.07, 6.45) is 7.08. The third kappa shape index (κ3) is 11.8. The maximum Gasteiger partial charge on any atom is 0.326 e. The quantitative estimate of drug-likeness (QED) is 0.162. The number of rotatable bonds is 18. The topological polar surface area (TPSA) is 141 Å². The number of amides is 1. The first-order chi connectivity index (χ1) is 18.6. The molecule has 0 bridgehead atoms. The van der Waals surface area contributed by atoms with E-state index in [0.29, 0.717) is 25.2 Å². The second kappa shape index (κ2) is 17.0. The molecule has 1 aliphatic carbocycles. The zero-order valence-corrected chi connectivity index (χ0v) is 23.3. The van der Waals surface area contributed by atoms with Gasteiger partial charge in [-0.15, -0.1) is 0 Å². The number of hydrogen-bond acceptors (Lipinski definition) is 6. The first kappa shape index (κ1) is 32.4. The summed E-state index contributed by atoms with van der Waals surface area (Å²) in [5, 5.41) is 32.7. The number of carbonyl (C=O) groups excluding carboxylic acids is 3. The predicted octanol–water partition coefficient (Wildman–Crippen LogP) is 4.02. The van der Waals surface area contributed by atoms with E-state index in [4.69, 9.17) is 0 Å². The Morgan fingerprint density at radius 2 is 1.79 bits per heavy atom. The molecular formula is C31H45NO7. The Hall–Kier alpha value is -2.84. The van der Waals surface area contributed by atoms with Crippen molar-refractivity contribution < 1.29 is 34.5 Å². The lowest BCUT2D eigenvalue weighted by Crippen LogP contribution is -2.42. The van der Waals surface area contributed by atoms with Crippen LogP contribution in [0.15, 0.2) is 42.5 Å². The van der Waals surface area contributed by atoms with E-state index in [-0.39, 0.29) is 49.6 Å². The fraction of sp³-hybridized carbons (Fsp3) is 0.613. The number of nitrogens with one attached hydrogen (secondary N) is 1. The average Bonchev–Trinajstić information content (AvgIpc) is 3.15. The number of benzene rings is 1. The molecule has 0 radical (unpaired) electrons. The number of carboxylic acids is 1. The Kier molecular flexibility index (Phi) is 14.1. The van der Waals surface area contributed by atoms with Crippen molar-refractivity contribution in [2.45, 2.75) is 103 Å². The first-order valence-electron chi connectivity index (χ1n) is 14.3. The lowest BCUT2D eigenvalue weighted by Gasteiger charge is -2.18. The van der Waals surface area contributed by atoms with Crippen LogP contribution in [0.3, 0.4) is 0 Å². The number of unbranched alkanes of at least 4 members (excludes halogenated alkanes) is 2. The molecule has 0 heterocycles. The molecule has 4 N–H and O–H groups in total. The Labute approximate surface area is 231 Å². The summed E-state index contributed by atoms with van der Waals surface area (Å²) in [5.41, 5.74) is 0.812. The van der Waals surface area contributed by atoms with Gasteiger partial charge in [-0.25, -0.2) is 4.79 Å². The van der Waals surface area contributed by atoms with Crippen LogP contribution >= 0.6 is 0 Å². The van der Waals surface area contributed by atoms with Gasteiger partial charge in [-0.2, -0.15) is 0 Å². The van der Waals surface area contributed by atoms with Crippen molar-refractivity contribution in [2.24, 2.45) is 17.8 Å². The molecular weight excluding hydrogens is 498 g/mol. The van der Waals surface area contributed by atoms with Crippen LogP contribution in [-0.2, 0) is 25.6 Å². The molecule has 0 aliphatic heterocycles. The fourth-order valence-electron chi connectivity index (χ4n) is 5.18. The van der Waals surface area contributed by atoms with E-state index in [2.05, 4.69) is 19.2 Å². The van der Waals surface area contributed by atoms with Crippen molar-refractivity contribution in [2.75, 3.05) is 0 Å². The fourth-order valence-corrected chi connectivity index (χ4v) is 5.18. The molecule has 1 aromatic rings. The molecule has 1 amide bonds. The van der Waals surface area contributed by atoms with Crippen molar-refractivity contribution in [1.29, 1.82) is 0 Å². The maximum absolute atomic E-state index is 12.6. The van der Waals surface area contributed by atoms with Gasteiger partial charge in [-0.3, -0.25) is 14.4 Å². The standard InChI is InChI=1S/C31H45NO7/c1-3-4-10-21(2)17-24(34)15-16-25-26(29(36)20-28(25)35)19-23(33)13-8-9-14-30(37)32-27(31(38)39)18-22-11-6-5-7-12-22/h5-7,11-12,15-16,21,24-28,34-35H,3-4,8-10,13-14,17-20H2,1-2H3,(H,32,37)(H,38,39)/b16-15+/t21-,24-,25+,26+,27-,28?/m0/s1. The van der Waals surface area contributed by atoms with E-state index in [1.54, 1.807) is 24.3 Å². The van der Waals surface area contributed by atoms with Crippen LogP contribution in [0.2, 0.25) is 0 Å². The van der Waals surface area contributed by atoms with Gasteiger partial charge in [0, 0.05) is 43.9 Å². The SMILES string of the molecule is CCCC[C@H](C)C[C@@H](O)/C=C/[C@H]1C(O)CC(=O)[C@@H]1CC(=O)CCCCC(=O)N[C@@H](Cc1ccccc1)C(=O)O. The summed E-state index contributed by atoms with van der Waals surface area (Å²) in [7, 11) is 0. The molecule has 39 heavy (non-hydrogen) atoms. The highest BCUT2D eigenvalue weighted by Crippen LogP contribution is 2.34. The first-order valence-corrected chi connectivity index (χ1v) is 14.3. The minimum Gasteiger partial charge on any atom is -0.480 e. The molecule has 2 rings (SSSR count). The molecule has 0 aromatic heterocycles. The van der Waals surface area contributed by atoms with E-state index in [9.17, 15) is 34.5 Å². The number of aliphatic hydroxyl groups is 2. The number of carbonyl (C=O) groups is 4. The second-order valence-electron chi connectivity index (χ2n) is 11.0. The van der Waals surface area contributed by atoms with Crippen LogP contribution in [0, 0.1) is 17.8 Å². The second-order valence-corrected chi connectivity index (χ2v) is 11.0. The highest BCUT2D eigenvalue weighted by atomic mass is 16.4. The van der Waals surface area contributed by atoms with E-state index in [1.807, 2.05) is 18.2 Å². The van der Waals surface area contributed by atoms with Gasteiger partial charge in [0.15, 0.2) is 0 Å². The molecule has 6 atom stereocenters. The Morgan fingerprint density at radius 3 is 2.46 bits per heavy atom. The van der Waals surface area contributed by atoms with Crippen molar-refractivity contribution in [3.8, 4) is 0 Å². The number of carboxylic acid groups (broad SMARTS) is 1. The average molecular weight is 544 g/mol. The molecule has 1 unspecified atom stereocenters. The van der Waals surface area contributed by atoms with Crippen LogP contribution in [-0.4, -0.2) is 57.0 Å². The normalized spacial score (nSPS) is 21.5. The van der Waals surface area contributed by atoms with Crippen molar-refractivity contribution >= 4 is 23.4 Å². The van der Waals surface area contributed by atoms with Gasteiger partial charge < -0.3 is 20.6 Å². The summed E-state index contributed by atoms with van der Waals surface area (Å²) in [4.78, 5) is 48.9. The van der Waals surface area contributed by atoms with Crippen LogP contribution < -0.4 is 5.32 Å². The van der Waals surface area contributed by atoms with Gasteiger partial charge in [0.1, 0.15) is 17.6 Å². The molecule has 0 saturated heterocycles. The summed E-state index contributed by atoms with van der Waals surface area (Å²) < 4.78 is 0. The van der Waals surface area contributed by atoms with Gasteiger partial charge in [0.25, 0.3) is 0 Å². The molecule has 0 spiro atoms. The zero-order chi connectivity index (χ0) is 28.8. The third-order valence-electron chi connectivity index (χ3n) is 7.46. The number of ketones is 2. The summed E-state index contributed by atoms with van der Waals surface area (Å²) >= 11 is 0. The summed E-state index contributed by atoms with van der Waals surface area (Å²) in [6, 6.07) is 8.04. The summed E-state index contributed by atoms with van der Waals surface area (Å²) in [5.74, 6) is -2.47. The van der Waals surface area contributed by atoms with Crippen LogP contribution in [0.25, 0.3) is 0 Å². The van der Waals surface area contributed by atoms with E-state index >= 15 is 0 Å². The molecule has 216 valence electrons. The summed E-state index contributed by atoms with van der Waals surface area (Å²) in [6.45, 7) is 4.23. The highest BCUT2D eigenvalue weighted by molar-refractivity contribution is 5.90. The molecule has 8 nitrogen and oxygen atoms in total. The molecule has 1 fully saturated rings. The van der Waals surface area contributed by atoms with E-state index < -0.39 is 36.1 Å². The van der Waals surface area contributed by atoms with E-state index in [1.165, 1.54) is 0 Å². The number of aliphatic carboxylic acids is 1. The Morgan fingerprint density at radius 1 is 1.10 bits per heavy atom.